The van der Waals surface area contributed by atoms with Crippen molar-refractivity contribution >= 4 is 45.2 Å². The van der Waals surface area contributed by atoms with Crippen LogP contribution in [0.3, 0.4) is 0 Å². The third-order valence-electron chi connectivity index (χ3n) is 3.00. The van der Waals surface area contributed by atoms with Gasteiger partial charge in [0.25, 0.3) is 0 Å². The first-order chi connectivity index (χ1) is 9.38. The van der Waals surface area contributed by atoms with E-state index in [-0.39, 0.29) is 13.0 Å². The number of hydrogen-bond donors (Lipinski definition) is 3. The van der Waals surface area contributed by atoms with E-state index in [2.05, 4.69) is 21.2 Å². The highest BCUT2D eigenvalue weighted by atomic mass is 79.9. The number of carbonyl (C=O) groups excluding carboxylic acids is 1. The Morgan fingerprint density at radius 2 is 2.15 bits per heavy atom. The van der Waals surface area contributed by atoms with Gasteiger partial charge < -0.3 is 20.4 Å². The molecule has 20 heavy (non-hydrogen) atoms. The quantitative estimate of drug-likeness (QED) is 0.751. The molecule has 0 saturated carbocycles. The summed E-state index contributed by atoms with van der Waals surface area (Å²) in [5.41, 5.74) is 0.477. The third kappa shape index (κ3) is 3.23. The lowest BCUT2D eigenvalue weighted by molar-refractivity contribution is -0.141. The van der Waals surface area contributed by atoms with Gasteiger partial charge in [-0.25, -0.2) is 9.59 Å². The predicted octanol–water partition coefficient (Wildman–Crippen LogP) is 2.15. The van der Waals surface area contributed by atoms with Crippen LogP contribution in [0.4, 0.5) is 10.5 Å². The number of aliphatic carboxylic acids is 1. The summed E-state index contributed by atoms with van der Waals surface area (Å²) >= 11 is 9.06. The maximum Gasteiger partial charge on any atom is 0.326 e. The summed E-state index contributed by atoms with van der Waals surface area (Å²) in [5, 5.41) is 21.7. The van der Waals surface area contributed by atoms with Gasteiger partial charge in [0.2, 0.25) is 0 Å². The lowest BCUT2D eigenvalue weighted by Crippen LogP contribution is -2.43. The van der Waals surface area contributed by atoms with E-state index in [0.29, 0.717) is 15.2 Å². The number of aliphatic hydroxyl groups is 1. The fourth-order valence-electron chi connectivity index (χ4n) is 2.05. The van der Waals surface area contributed by atoms with Crippen molar-refractivity contribution in [1.29, 1.82) is 0 Å². The highest BCUT2D eigenvalue weighted by Crippen LogP contribution is 2.27. The molecule has 108 valence electrons. The monoisotopic (exact) mass is 362 g/mol. The van der Waals surface area contributed by atoms with Gasteiger partial charge >= 0.3 is 12.0 Å². The molecule has 1 saturated heterocycles. The SMILES string of the molecule is O=C(O)[C@H]1C[C@@H](O)CN1C(=O)Nc1ccc(Cl)cc1Br. The Morgan fingerprint density at radius 1 is 1.45 bits per heavy atom. The second-order valence-corrected chi connectivity index (χ2v) is 5.74. The Balaban J connectivity index is 2.13. The van der Waals surface area contributed by atoms with Crippen LogP contribution in [0.1, 0.15) is 6.42 Å². The largest absolute Gasteiger partial charge is 0.480 e. The summed E-state index contributed by atoms with van der Waals surface area (Å²) in [6.07, 6.45) is -0.791. The number of carbonyl (C=O) groups is 2. The van der Waals surface area contributed by atoms with Crippen LogP contribution in [0.15, 0.2) is 22.7 Å². The molecule has 8 heteroatoms. The van der Waals surface area contributed by atoms with Crippen LogP contribution in [-0.4, -0.2) is 45.8 Å². The molecule has 1 aromatic carbocycles. The molecule has 1 heterocycles. The lowest BCUT2D eigenvalue weighted by atomic mass is 10.2. The van der Waals surface area contributed by atoms with Crippen molar-refractivity contribution in [3.8, 4) is 0 Å². The molecule has 1 aliphatic rings. The molecule has 2 amide bonds. The summed E-state index contributed by atoms with van der Waals surface area (Å²) in [7, 11) is 0. The van der Waals surface area contributed by atoms with Gasteiger partial charge in [-0.15, -0.1) is 0 Å². The number of hydrogen-bond acceptors (Lipinski definition) is 3. The molecule has 0 unspecified atom stereocenters. The molecule has 3 N–H and O–H groups in total. The number of benzene rings is 1. The number of nitrogens with zero attached hydrogens (tertiary/aromatic N) is 1. The molecule has 1 aromatic rings. The number of urea groups is 1. The van der Waals surface area contributed by atoms with E-state index in [9.17, 15) is 14.7 Å². The van der Waals surface area contributed by atoms with Crippen molar-refractivity contribution in [2.75, 3.05) is 11.9 Å². The second kappa shape index (κ2) is 5.99. The average Bonchev–Trinajstić information content (AvgIpc) is 2.75. The standard InChI is InChI=1S/C12H12BrClN2O4/c13-8-3-6(14)1-2-9(8)15-12(20)16-5-7(17)4-10(16)11(18)19/h1-3,7,10,17H,4-5H2,(H,15,20)(H,18,19)/t7-,10-/m1/s1. The minimum absolute atomic E-state index is 0.00594. The summed E-state index contributed by atoms with van der Waals surface area (Å²) in [5.74, 6) is -1.13. The summed E-state index contributed by atoms with van der Waals surface area (Å²) in [4.78, 5) is 24.3. The summed E-state index contributed by atoms with van der Waals surface area (Å²) in [6.45, 7) is -0.00594. The molecule has 0 spiro atoms. The molecule has 1 fully saturated rings. The molecule has 0 bridgehead atoms. The van der Waals surface area contributed by atoms with Gasteiger partial charge in [-0.1, -0.05) is 11.6 Å². The van der Waals surface area contributed by atoms with Crippen LogP contribution < -0.4 is 5.32 Å². The zero-order valence-corrected chi connectivity index (χ0v) is 12.6. The van der Waals surface area contributed by atoms with E-state index >= 15 is 0 Å². The van der Waals surface area contributed by atoms with Crippen molar-refractivity contribution in [2.45, 2.75) is 18.6 Å². The Bertz CT molecular complexity index is 554. The van der Waals surface area contributed by atoms with Crippen LogP contribution in [-0.2, 0) is 4.79 Å². The van der Waals surface area contributed by atoms with Gasteiger partial charge in [-0.2, -0.15) is 0 Å². The minimum atomic E-state index is -1.13. The van der Waals surface area contributed by atoms with Crippen molar-refractivity contribution in [3.63, 3.8) is 0 Å². The third-order valence-corrected chi connectivity index (χ3v) is 3.89. The molecule has 0 aromatic heterocycles. The van der Waals surface area contributed by atoms with Gasteiger partial charge in [0.05, 0.1) is 11.8 Å². The number of β-amino-alcohol motifs (C(OH)–C–C–N with tert-alkyl or cyclic N) is 1. The Hall–Kier alpha value is -1.31. The predicted molar refractivity (Wildman–Crippen MR) is 76.9 cm³/mol. The van der Waals surface area contributed by atoms with Crippen LogP contribution in [0.5, 0.6) is 0 Å². The zero-order valence-electron chi connectivity index (χ0n) is 10.2. The number of likely N-dealkylation sites (tertiary alicyclic amines) is 1. The Morgan fingerprint density at radius 3 is 2.75 bits per heavy atom. The average molecular weight is 364 g/mol. The van der Waals surface area contributed by atoms with E-state index in [1.807, 2.05) is 0 Å². The molecule has 2 atom stereocenters. The number of carboxylic acids is 1. The van der Waals surface area contributed by atoms with Crippen molar-refractivity contribution in [2.24, 2.45) is 0 Å². The van der Waals surface area contributed by atoms with E-state index in [4.69, 9.17) is 16.7 Å². The van der Waals surface area contributed by atoms with Crippen LogP contribution in [0.2, 0.25) is 5.02 Å². The maximum absolute atomic E-state index is 12.1. The number of halogens is 2. The minimum Gasteiger partial charge on any atom is -0.480 e. The van der Waals surface area contributed by atoms with Gasteiger partial charge in [-0.3, -0.25) is 0 Å². The highest BCUT2D eigenvalue weighted by molar-refractivity contribution is 9.10. The van der Waals surface area contributed by atoms with E-state index in [1.54, 1.807) is 18.2 Å². The molecular weight excluding hydrogens is 351 g/mol. The normalized spacial score (nSPS) is 21.9. The number of amides is 2. The Labute approximate surface area is 128 Å². The second-order valence-electron chi connectivity index (χ2n) is 4.45. The van der Waals surface area contributed by atoms with Gasteiger partial charge in [-0.05, 0) is 34.1 Å². The van der Waals surface area contributed by atoms with E-state index < -0.39 is 24.1 Å². The van der Waals surface area contributed by atoms with Crippen molar-refractivity contribution < 1.29 is 19.8 Å². The molecule has 6 nitrogen and oxygen atoms in total. The molecule has 0 aliphatic carbocycles. The number of nitrogens with one attached hydrogen (secondary N) is 1. The van der Waals surface area contributed by atoms with Gasteiger partial charge in [0.15, 0.2) is 0 Å². The van der Waals surface area contributed by atoms with Crippen LogP contribution in [0, 0.1) is 0 Å². The first-order valence-corrected chi connectivity index (χ1v) is 6.99. The first-order valence-electron chi connectivity index (χ1n) is 5.82. The molecule has 0 radical (unpaired) electrons. The fraction of sp³-hybridized carbons (Fsp3) is 0.333. The lowest BCUT2D eigenvalue weighted by Gasteiger charge is -2.22. The fourth-order valence-corrected chi connectivity index (χ4v) is 2.83. The molecule has 1 aliphatic heterocycles. The topological polar surface area (TPSA) is 89.9 Å². The van der Waals surface area contributed by atoms with Crippen molar-refractivity contribution in [3.05, 3.63) is 27.7 Å². The number of rotatable bonds is 2. The summed E-state index contributed by atoms with van der Waals surface area (Å²) in [6, 6.07) is 3.24. The summed E-state index contributed by atoms with van der Waals surface area (Å²) < 4.78 is 0.588. The van der Waals surface area contributed by atoms with E-state index in [1.165, 1.54) is 0 Å². The van der Waals surface area contributed by atoms with E-state index in [0.717, 1.165) is 4.90 Å². The maximum atomic E-state index is 12.1. The van der Waals surface area contributed by atoms with Crippen LogP contribution in [0.25, 0.3) is 0 Å². The van der Waals surface area contributed by atoms with Crippen LogP contribution >= 0.6 is 27.5 Å². The number of aliphatic hydroxyl groups excluding tert-OH is 1. The van der Waals surface area contributed by atoms with Gasteiger partial charge in [0.1, 0.15) is 6.04 Å². The van der Waals surface area contributed by atoms with Crippen molar-refractivity contribution in [1.82, 2.24) is 4.90 Å². The van der Waals surface area contributed by atoms with Gasteiger partial charge in [0, 0.05) is 22.5 Å². The molecular formula is C12H12BrClN2O4. The highest BCUT2D eigenvalue weighted by Gasteiger charge is 2.39. The molecule has 2 rings (SSSR count). The smallest absolute Gasteiger partial charge is 0.326 e. The first kappa shape index (κ1) is 15.1. The Kier molecular flexibility index (Phi) is 4.52. The number of anilines is 1. The zero-order chi connectivity index (χ0) is 14.9. The number of carboxylic acid groups (broad SMARTS) is 1.